The molecule has 0 spiro atoms. The van der Waals surface area contributed by atoms with E-state index in [-0.39, 0.29) is 43.6 Å². The molecule has 3 rings (SSSR count). The van der Waals surface area contributed by atoms with Crippen molar-refractivity contribution >= 4 is 23.5 Å². The zero-order chi connectivity index (χ0) is 28.4. The Bertz CT molecular complexity index is 1300. The second-order valence-electron chi connectivity index (χ2n) is 8.34. The summed E-state index contributed by atoms with van der Waals surface area (Å²) in [4.78, 5) is 27.1. The summed E-state index contributed by atoms with van der Waals surface area (Å²) in [6.07, 6.45) is 0. The molecule has 0 saturated heterocycles. The molecule has 0 saturated carbocycles. The van der Waals surface area contributed by atoms with Crippen LogP contribution in [0, 0.1) is 5.82 Å². The molecular weight excluding hydrogens is 529 g/mol. The number of esters is 2. The summed E-state index contributed by atoms with van der Waals surface area (Å²) in [5.74, 6) is 0.405. The first kappa shape index (κ1) is 29.7. The summed E-state index contributed by atoms with van der Waals surface area (Å²) in [5, 5.41) is 0.0973. The van der Waals surface area contributed by atoms with Crippen molar-refractivity contribution in [3.63, 3.8) is 0 Å². The third-order valence-corrected chi connectivity index (χ3v) is 5.92. The third kappa shape index (κ3) is 8.33. The van der Waals surface area contributed by atoms with E-state index in [2.05, 4.69) is 0 Å². The van der Waals surface area contributed by atoms with E-state index in [9.17, 15) is 14.0 Å². The van der Waals surface area contributed by atoms with Gasteiger partial charge in [-0.3, -0.25) is 9.69 Å². The van der Waals surface area contributed by atoms with Crippen LogP contribution in [0.5, 0.6) is 23.0 Å². The Morgan fingerprint density at radius 1 is 0.821 bits per heavy atom. The van der Waals surface area contributed by atoms with E-state index >= 15 is 0 Å². The number of ether oxygens (including phenoxy) is 5. The number of methoxy groups -OCH3 is 2. The number of nitrogens with zero attached hydrogens (tertiary/aromatic N) is 1. The predicted molar refractivity (Wildman–Crippen MR) is 144 cm³/mol. The van der Waals surface area contributed by atoms with Gasteiger partial charge in [-0.15, -0.1) is 0 Å². The van der Waals surface area contributed by atoms with Crippen molar-refractivity contribution in [1.29, 1.82) is 0 Å². The second kappa shape index (κ2) is 14.4. The molecule has 0 aliphatic heterocycles. The molecule has 0 N–H and O–H groups in total. The van der Waals surface area contributed by atoms with Gasteiger partial charge in [-0.05, 0) is 74.0 Å². The molecule has 0 aliphatic carbocycles. The highest BCUT2D eigenvalue weighted by Gasteiger charge is 2.21. The topological polar surface area (TPSA) is 83.5 Å². The van der Waals surface area contributed by atoms with Gasteiger partial charge in [0.05, 0.1) is 44.6 Å². The van der Waals surface area contributed by atoms with Gasteiger partial charge in [-0.2, -0.15) is 0 Å². The van der Waals surface area contributed by atoms with Gasteiger partial charge in [0.25, 0.3) is 0 Å². The lowest BCUT2D eigenvalue weighted by molar-refractivity contribution is -0.144. The first-order valence-electron chi connectivity index (χ1n) is 12.3. The maximum absolute atomic E-state index is 13.5. The Morgan fingerprint density at radius 3 is 2.15 bits per heavy atom. The summed E-state index contributed by atoms with van der Waals surface area (Å²) in [5.41, 5.74) is 1.61. The number of rotatable bonds is 13. The first-order chi connectivity index (χ1) is 18.8. The molecule has 0 aromatic heterocycles. The Labute approximate surface area is 232 Å². The van der Waals surface area contributed by atoms with Gasteiger partial charge >= 0.3 is 11.9 Å². The summed E-state index contributed by atoms with van der Waals surface area (Å²) >= 11 is 6.14. The van der Waals surface area contributed by atoms with Crippen LogP contribution in [-0.4, -0.2) is 50.8 Å². The largest absolute Gasteiger partial charge is 0.497 e. The van der Waals surface area contributed by atoms with Crippen LogP contribution in [0.4, 0.5) is 4.39 Å². The molecule has 8 nitrogen and oxygen atoms in total. The van der Waals surface area contributed by atoms with Crippen LogP contribution < -0.4 is 14.2 Å². The van der Waals surface area contributed by atoms with Crippen molar-refractivity contribution in [2.45, 2.75) is 26.9 Å². The molecule has 0 unspecified atom stereocenters. The number of benzene rings is 3. The van der Waals surface area contributed by atoms with Gasteiger partial charge in [-0.1, -0.05) is 11.6 Å². The Hall–Kier alpha value is -3.82. The minimum absolute atomic E-state index is 0.0641. The number of hydrogen-bond acceptors (Lipinski definition) is 8. The van der Waals surface area contributed by atoms with Crippen molar-refractivity contribution in [2.75, 3.05) is 34.0 Å². The fourth-order valence-electron chi connectivity index (χ4n) is 3.90. The predicted octanol–water partition coefficient (Wildman–Crippen LogP) is 6.03. The maximum Gasteiger partial charge on any atom is 0.338 e. The maximum atomic E-state index is 13.5. The van der Waals surface area contributed by atoms with Crippen LogP contribution in [-0.2, 0) is 27.4 Å². The molecule has 10 heteroatoms. The lowest BCUT2D eigenvalue weighted by atomic mass is 10.1. The van der Waals surface area contributed by atoms with Gasteiger partial charge in [0.2, 0.25) is 0 Å². The molecule has 3 aromatic rings. The first-order valence-corrected chi connectivity index (χ1v) is 12.7. The van der Waals surface area contributed by atoms with Crippen LogP contribution in [0.3, 0.4) is 0 Å². The average molecular weight is 560 g/mol. The third-order valence-electron chi connectivity index (χ3n) is 5.63. The highest BCUT2D eigenvalue weighted by atomic mass is 35.5. The van der Waals surface area contributed by atoms with Crippen LogP contribution in [0.15, 0.2) is 54.6 Å². The highest BCUT2D eigenvalue weighted by molar-refractivity contribution is 6.32. The zero-order valence-electron chi connectivity index (χ0n) is 22.3. The van der Waals surface area contributed by atoms with Crippen LogP contribution >= 0.6 is 11.6 Å². The molecule has 0 radical (unpaired) electrons. The molecule has 0 amide bonds. The van der Waals surface area contributed by atoms with E-state index in [1.807, 2.05) is 11.0 Å². The normalized spacial score (nSPS) is 10.7. The standard InChI is InChI=1S/C29H31ClFNO7/c1-5-37-28(33)18-32(17-20-14-22(35-3)9-12-26(20)36-4)16-19-13-23(8-10-24(19)29(34)38-6-2)39-27-11-7-21(31)15-25(27)30/h7-15H,5-6,16-18H2,1-4H3. The van der Waals surface area contributed by atoms with Gasteiger partial charge < -0.3 is 23.7 Å². The monoisotopic (exact) mass is 559 g/mol. The van der Waals surface area contributed by atoms with Gasteiger partial charge in [0.15, 0.2) is 0 Å². The molecule has 208 valence electrons. The minimum Gasteiger partial charge on any atom is -0.497 e. The number of carbonyl (C=O) groups is 2. The van der Waals surface area contributed by atoms with Crippen LogP contribution in [0.1, 0.15) is 35.3 Å². The van der Waals surface area contributed by atoms with Gasteiger partial charge in [0, 0.05) is 18.7 Å². The van der Waals surface area contributed by atoms with Crippen molar-refractivity contribution in [3.8, 4) is 23.0 Å². The lowest BCUT2D eigenvalue weighted by Gasteiger charge is -2.24. The fourth-order valence-corrected chi connectivity index (χ4v) is 4.11. The van der Waals surface area contributed by atoms with E-state index in [1.165, 1.54) is 12.1 Å². The Kier molecular flexibility index (Phi) is 11.0. The van der Waals surface area contributed by atoms with Crippen molar-refractivity contribution in [3.05, 3.63) is 82.1 Å². The summed E-state index contributed by atoms with van der Waals surface area (Å²) < 4.78 is 40.7. The van der Waals surface area contributed by atoms with Crippen molar-refractivity contribution < 1.29 is 37.7 Å². The number of halogens is 2. The van der Waals surface area contributed by atoms with Gasteiger partial charge in [0.1, 0.15) is 28.8 Å². The Balaban J connectivity index is 2.00. The van der Waals surface area contributed by atoms with E-state index in [0.29, 0.717) is 28.4 Å². The molecule has 0 fully saturated rings. The number of hydrogen-bond donors (Lipinski definition) is 0. The Morgan fingerprint density at radius 2 is 1.49 bits per heavy atom. The molecular formula is C29H31ClFNO7. The zero-order valence-corrected chi connectivity index (χ0v) is 23.0. The van der Waals surface area contributed by atoms with E-state index in [0.717, 1.165) is 11.6 Å². The second-order valence-corrected chi connectivity index (χ2v) is 8.75. The van der Waals surface area contributed by atoms with Crippen molar-refractivity contribution in [2.24, 2.45) is 0 Å². The molecule has 0 bridgehead atoms. The molecule has 0 heterocycles. The summed E-state index contributed by atoms with van der Waals surface area (Å²) in [6, 6.07) is 14.0. The van der Waals surface area contributed by atoms with E-state index < -0.39 is 17.8 Å². The molecule has 0 aliphatic rings. The van der Waals surface area contributed by atoms with E-state index in [1.54, 1.807) is 58.4 Å². The summed E-state index contributed by atoms with van der Waals surface area (Å²) in [7, 11) is 3.12. The minimum atomic E-state index is -0.520. The van der Waals surface area contributed by atoms with Crippen molar-refractivity contribution in [1.82, 2.24) is 4.90 Å². The molecule has 0 atom stereocenters. The SMILES string of the molecule is CCOC(=O)CN(Cc1cc(OC)ccc1OC)Cc1cc(Oc2ccc(F)cc2Cl)ccc1C(=O)OCC. The van der Waals surface area contributed by atoms with E-state index in [4.69, 9.17) is 35.3 Å². The highest BCUT2D eigenvalue weighted by Crippen LogP contribution is 2.32. The van der Waals surface area contributed by atoms with Crippen LogP contribution in [0.25, 0.3) is 0 Å². The fraction of sp³-hybridized carbons (Fsp3) is 0.310. The number of carbonyl (C=O) groups excluding carboxylic acids is 2. The average Bonchev–Trinajstić information content (AvgIpc) is 2.90. The summed E-state index contributed by atoms with van der Waals surface area (Å²) in [6.45, 7) is 4.23. The van der Waals surface area contributed by atoms with Gasteiger partial charge in [-0.25, -0.2) is 9.18 Å². The lowest BCUT2D eigenvalue weighted by Crippen LogP contribution is -2.31. The molecule has 3 aromatic carbocycles. The van der Waals surface area contributed by atoms with Crippen LogP contribution in [0.2, 0.25) is 5.02 Å². The quantitative estimate of drug-likeness (QED) is 0.235. The molecule has 39 heavy (non-hydrogen) atoms. The smallest absolute Gasteiger partial charge is 0.338 e.